The molecule has 0 aliphatic rings. The van der Waals surface area contributed by atoms with Crippen molar-refractivity contribution in [3.63, 3.8) is 0 Å². The number of hydrogen-bond donors (Lipinski definition) is 1. The van der Waals surface area contributed by atoms with Gasteiger partial charge in [0.15, 0.2) is 0 Å². The van der Waals surface area contributed by atoms with Crippen LogP contribution in [0, 0.1) is 0 Å². The van der Waals surface area contributed by atoms with E-state index < -0.39 is 5.97 Å². The molecule has 132 valence electrons. The molecule has 0 bridgehead atoms. The molecule has 3 nitrogen and oxygen atoms in total. The lowest BCUT2D eigenvalue weighted by Gasteiger charge is -2.17. The summed E-state index contributed by atoms with van der Waals surface area (Å²) in [6.45, 7) is 4.12. The van der Waals surface area contributed by atoms with E-state index in [1.165, 1.54) is 0 Å². The first-order valence-corrected chi connectivity index (χ1v) is 8.90. The molecular weight excluding hydrogens is 346 g/mol. The van der Waals surface area contributed by atoms with Gasteiger partial charge in [0.05, 0.1) is 17.0 Å². The summed E-state index contributed by atoms with van der Waals surface area (Å²) >= 11 is 6.13. The van der Waals surface area contributed by atoms with E-state index in [4.69, 9.17) is 16.6 Å². The minimum absolute atomic E-state index is 0.154. The Balaban J connectivity index is 2.17. The molecule has 3 aromatic rings. The highest BCUT2D eigenvalue weighted by atomic mass is 35.5. The average molecular weight is 366 g/mol. The van der Waals surface area contributed by atoms with Gasteiger partial charge in [-0.1, -0.05) is 67.9 Å². The van der Waals surface area contributed by atoms with Crippen LogP contribution in [0.25, 0.3) is 11.1 Å². The largest absolute Gasteiger partial charge is 0.478 e. The molecule has 0 fully saturated rings. The molecule has 4 heteroatoms. The van der Waals surface area contributed by atoms with E-state index in [1.807, 2.05) is 48.5 Å². The Bertz CT molecular complexity index is 936. The lowest BCUT2D eigenvalue weighted by atomic mass is 9.93. The molecule has 0 unspecified atom stereocenters. The zero-order valence-corrected chi connectivity index (χ0v) is 15.5. The van der Waals surface area contributed by atoms with Gasteiger partial charge in [0, 0.05) is 17.0 Å². The molecule has 0 aliphatic carbocycles. The Kier molecular flexibility index (Phi) is 5.38. The van der Waals surface area contributed by atoms with Gasteiger partial charge in [0.25, 0.3) is 0 Å². The topological polar surface area (TPSA) is 50.2 Å². The number of carbonyl (C=O) groups is 1. The van der Waals surface area contributed by atoms with Crippen LogP contribution in [0.4, 0.5) is 0 Å². The number of aromatic nitrogens is 1. The molecule has 1 heterocycles. The molecule has 0 spiro atoms. The molecule has 0 saturated heterocycles. The highest BCUT2D eigenvalue weighted by Gasteiger charge is 2.19. The van der Waals surface area contributed by atoms with E-state index in [9.17, 15) is 9.90 Å². The molecule has 26 heavy (non-hydrogen) atoms. The smallest absolute Gasteiger partial charge is 0.337 e. The third-order valence-electron chi connectivity index (χ3n) is 4.26. The van der Waals surface area contributed by atoms with Crippen LogP contribution < -0.4 is 0 Å². The third-order valence-corrected chi connectivity index (χ3v) is 4.49. The van der Waals surface area contributed by atoms with Crippen molar-refractivity contribution in [3.05, 3.63) is 88.2 Å². The molecule has 2 aromatic carbocycles. The second kappa shape index (κ2) is 7.71. The maximum atomic E-state index is 11.9. The third kappa shape index (κ3) is 3.94. The van der Waals surface area contributed by atoms with Crippen LogP contribution in [0.1, 0.15) is 47.1 Å². The predicted octanol–water partition coefficient (Wildman–Crippen LogP) is 5.81. The molecule has 0 aliphatic heterocycles. The number of carboxylic acids is 1. The molecule has 0 saturated carbocycles. The van der Waals surface area contributed by atoms with Crippen LogP contribution in [0.2, 0.25) is 5.02 Å². The van der Waals surface area contributed by atoms with Crippen LogP contribution >= 0.6 is 11.6 Å². The van der Waals surface area contributed by atoms with Crippen molar-refractivity contribution in [2.45, 2.75) is 26.2 Å². The van der Waals surface area contributed by atoms with Gasteiger partial charge in [-0.15, -0.1) is 0 Å². The SMILES string of the molecule is CC(C)c1nc(Cc2ccccc2)c(C(=O)O)cc1-c1cccc(Cl)c1. The highest BCUT2D eigenvalue weighted by molar-refractivity contribution is 6.30. The summed E-state index contributed by atoms with van der Waals surface area (Å²) in [6, 6.07) is 18.9. The van der Waals surface area contributed by atoms with Gasteiger partial charge in [-0.05, 0) is 35.2 Å². The normalized spacial score (nSPS) is 10.9. The first kappa shape index (κ1) is 18.2. The molecule has 0 amide bonds. The molecular formula is C22H20ClNO2. The first-order chi connectivity index (χ1) is 12.5. The maximum Gasteiger partial charge on any atom is 0.337 e. The number of hydrogen-bond acceptors (Lipinski definition) is 2. The van der Waals surface area contributed by atoms with Crippen molar-refractivity contribution < 1.29 is 9.90 Å². The van der Waals surface area contributed by atoms with Crippen molar-refractivity contribution in [1.82, 2.24) is 4.98 Å². The minimum Gasteiger partial charge on any atom is -0.478 e. The predicted molar refractivity (Wildman–Crippen MR) is 105 cm³/mol. The second-order valence-electron chi connectivity index (χ2n) is 6.55. The van der Waals surface area contributed by atoms with Crippen molar-refractivity contribution in [2.75, 3.05) is 0 Å². The summed E-state index contributed by atoms with van der Waals surface area (Å²) < 4.78 is 0. The fourth-order valence-electron chi connectivity index (χ4n) is 3.00. The number of carboxylic acid groups (broad SMARTS) is 1. The van der Waals surface area contributed by atoms with Crippen molar-refractivity contribution >= 4 is 17.6 Å². The zero-order chi connectivity index (χ0) is 18.7. The zero-order valence-electron chi connectivity index (χ0n) is 14.7. The van der Waals surface area contributed by atoms with Crippen molar-refractivity contribution in [2.24, 2.45) is 0 Å². The van der Waals surface area contributed by atoms with Gasteiger partial charge in [-0.3, -0.25) is 4.98 Å². The van der Waals surface area contributed by atoms with Gasteiger partial charge < -0.3 is 5.11 Å². The Morgan fingerprint density at radius 3 is 2.42 bits per heavy atom. The van der Waals surface area contributed by atoms with Crippen LogP contribution in [0.15, 0.2) is 60.7 Å². The number of benzene rings is 2. The fourth-order valence-corrected chi connectivity index (χ4v) is 3.19. The Morgan fingerprint density at radius 2 is 1.81 bits per heavy atom. The Hall–Kier alpha value is -2.65. The van der Waals surface area contributed by atoms with Gasteiger partial charge in [0.1, 0.15) is 0 Å². The van der Waals surface area contributed by atoms with E-state index in [0.717, 1.165) is 22.4 Å². The monoisotopic (exact) mass is 365 g/mol. The summed E-state index contributed by atoms with van der Waals surface area (Å²) in [4.78, 5) is 16.6. The maximum absolute atomic E-state index is 11.9. The Labute approximate surface area is 158 Å². The van der Waals surface area contributed by atoms with Gasteiger partial charge >= 0.3 is 5.97 Å². The van der Waals surface area contributed by atoms with E-state index in [2.05, 4.69) is 13.8 Å². The molecule has 1 aromatic heterocycles. The van der Waals surface area contributed by atoms with Crippen LogP contribution in [-0.4, -0.2) is 16.1 Å². The number of nitrogens with zero attached hydrogens (tertiary/aromatic N) is 1. The summed E-state index contributed by atoms with van der Waals surface area (Å²) in [5.41, 5.74) is 4.42. The summed E-state index contributed by atoms with van der Waals surface area (Å²) in [7, 11) is 0. The van der Waals surface area contributed by atoms with Crippen molar-refractivity contribution in [3.8, 4) is 11.1 Å². The lowest BCUT2D eigenvalue weighted by molar-refractivity contribution is 0.0695. The number of halogens is 1. The summed E-state index contributed by atoms with van der Waals surface area (Å²) in [6.07, 6.45) is 0.484. The molecule has 0 atom stereocenters. The molecule has 0 radical (unpaired) electrons. The average Bonchev–Trinajstić information content (AvgIpc) is 2.62. The molecule has 1 N–H and O–H groups in total. The number of pyridine rings is 1. The van der Waals surface area contributed by atoms with Gasteiger partial charge in [0.2, 0.25) is 0 Å². The number of rotatable bonds is 5. The van der Waals surface area contributed by atoms with E-state index in [0.29, 0.717) is 17.1 Å². The summed E-state index contributed by atoms with van der Waals surface area (Å²) in [5, 5.41) is 10.3. The standard InChI is InChI=1S/C22H20ClNO2/c1-14(2)21-18(16-9-6-10-17(23)12-16)13-19(22(25)26)20(24-21)11-15-7-4-3-5-8-15/h3-10,12-14H,11H2,1-2H3,(H,25,26). The van der Waals surface area contributed by atoms with Gasteiger partial charge in [-0.2, -0.15) is 0 Å². The van der Waals surface area contributed by atoms with Crippen LogP contribution in [-0.2, 0) is 6.42 Å². The van der Waals surface area contributed by atoms with E-state index in [-0.39, 0.29) is 11.5 Å². The van der Waals surface area contributed by atoms with Crippen LogP contribution in [0.5, 0.6) is 0 Å². The quantitative estimate of drug-likeness (QED) is 0.620. The number of aromatic carboxylic acids is 1. The van der Waals surface area contributed by atoms with E-state index in [1.54, 1.807) is 12.1 Å². The highest BCUT2D eigenvalue weighted by Crippen LogP contribution is 2.32. The fraction of sp³-hybridized carbons (Fsp3) is 0.182. The minimum atomic E-state index is -0.970. The van der Waals surface area contributed by atoms with Crippen molar-refractivity contribution in [1.29, 1.82) is 0 Å². The molecule has 3 rings (SSSR count). The van der Waals surface area contributed by atoms with Crippen LogP contribution in [0.3, 0.4) is 0 Å². The van der Waals surface area contributed by atoms with Gasteiger partial charge in [-0.25, -0.2) is 4.79 Å². The summed E-state index contributed by atoms with van der Waals surface area (Å²) in [5.74, 6) is -0.816. The second-order valence-corrected chi connectivity index (χ2v) is 6.98. The van der Waals surface area contributed by atoms with E-state index >= 15 is 0 Å². The first-order valence-electron chi connectivity index (χ1n) is 8.52. The Morgan fingerprint density at radius 1 is 1.08 bits per heavy atom. The lowest BCUT2D eigenvalue weighted by Crippen LogP contribution is -2.10.